The molecule has 0 radical (unpaired) electrons. The summed E-state index contributed by atoms with van der Waals surface area (Å²) in [5.74, 6) is -0.434. The zero-order chi connectivity index (χ0) is 21.2. The van der Waals surface area contributed by atoms with E-state index >= 15 is 0 Å². The number of carbonyl (C=O) groups is 1. The number of carbonyl (C=O) groups excluding carboxylic acids is 1. The van der Waals surface area contributed by atoms with Gasteiger partial charge in [0.05, 0.1) is 15.5 Å². The van der Waals surface area contributed by atoms with Crippen LogP contribution < -0.4 is 10.0 Å². The van der Waals surface area contributed by atoms with Crippen molar-refractivity contribution in [2.45, 2.75) is 18.7 Å². The normalized spacial score (nSPS) is 11.2. The molecule has 0 aliphatic rings. The van der Waals surface area contributed by atoms with Crippen molar-refractivity contribution in [3.8, 4) is 0 Å². The summed E-state index contributed by atoms with van der Waals surface area (Å²) in [4.78, 5) is 12.8. The molecule has 0 unspecified atom stereocenters. The van der Waals surface area contributed by atoms with E-state index in [1.54, 1.807) is 0 Å². The molecular weight excluding hydrogens is 431 g/mol. The highest BCUT2D eigenvalue weighted by atomic mass is 35.5. The number of amides is 1. The minimum Gasteiger partial charge on any atom is -0.322 e. The molecule has 0 spiro atoms. The zero-order valence-electron chi connectivity index (χ0n) is 15.7. The van der Waals surface area contributed by atoms with Gasteiger partial charge in [-0.05, 0) is 73.5 Å². The van der Waals surface area contributed by atoms with Crippen LogP contribution in [0.15, 0.2) is 65.6 Å². The van der Waals surface area contributed by atoms with Crippen molar-refractivity contribution in [1.29, 1.82) is 0 Å². The van der Waals surface area contributed by atoms with Crippen molar-refractivity contribution in [2.24, 2.45) is 0 Å². The van der Waals surface area contributed by atoms with Crippen molar-refractivity contribution in [1.82, 2.24) is 0 Å². The van der Waals surface area contributed by atoms with Crippen LogP contribution in [0.25, 0.3) is 0 Å². The molecule has 0 fully saturated rings. The van der Waals surface area contributed by atoms with Gasteiger partial charge < -0.3 is 5.32 Å². The second kappa shape index (κ2) is 8.45. The Balaban J connectivity index is 1.87. The fraction of sp³-hybridized carbons (Fsp3) is 0.0952. The van der Waals surface area contributed by atoms with Gasteiger partial charge in [-0.15, -0.1) is 0 Å². The molecule has 8 heteroatoms. The van der Waals surface area contributed by atoms with E-state index < -0.39 is 15.9 Å². The molecule has 1 amide bonds. The lowest BCUT2D eigenvalue weighted by atomic mass is 10.1. The number of aryl methyl sites for hydroxylation is 2. The quantitative estimate of drug-likeness (QED) is 0.528. The molecule has 150 valence electrons. The molecule has 3 aromatic carbocycles. The van der Waals surface area contributed by atoms with Gasteiger partial charge in [-0.25, -0.2) is 8.42 Å². The molecule has 0 aromatic heterocycles. The maximum Gasteiger partial charge on any atom is 0.261 e. The van der Waals surface area contributed by atoms with Gasteiger partial charge in [0.15, 0.2) is 0 Å². The summed E-state index contributed by atoms with van der Waals surface area (Å²) in [7, 11) is -3.84. The van der Waals surface area contributed by atoms with E-state index in [9.17, 15) is 13.2 Å². The molecule has 0 bridgehead atoms. The third-order valence-electron chi connectivity index (χ3n) is 4.23. The lowest BCUT2D eigenvalue weighted by Gasteiger charge is -2.13. The molecule has 0 aliphatic carbocycles. The number of benzene rings is 3. The van der Waals surface area contributed by atoms with Crippen molar-refractivity contribution >= 4 is 50.5 Å². The summed E-state index contributed by atoms with van der Waals surface area (Å²) in [5.41, 5.74) is 2.94. The second-order valence-corrected chi connectivity index (χ2v) is 9.05. The molecule has 0 aliphatic heterocycles. The first kappa shape index (κ1) is 21.2. The van der Waals surface area contributed by atoms with Crippen molar-refractivity contribution in [2.75, 3.05) is 10.0 Å². The van der Waals surface area contributed by atoms with Crippen LogP contribution in [0.4, 0.5) is 11.4 Å². The average molecular weight is 449 g/mol. The molecule has 3 rings (SSSR count). The predicted octanol–water partition coefficient (Wildman–Crippen LogP) is 5.66. The van der Waals surface area contributed by atoms with Crippen LogP contribution in [-0.4, -0.2) is 14.3 Å². The topological polar surface area (TPSA) is 75.3 Å². The van der Waals surface area contributed by atoms with Crippen LogP contribution in [0.1, 0.15) is 21.5 Å². The molecule has 2 N–H and O–H groups in total. The molecule has 0 heterocycles. The zero-order valence-corrected chi connectivity index (χ0v) is 18.0. The molecule has 0 saturated carbocycles. The largest absolute Gasteiger partial charge is 0.322 e. The van der Waals surface area contributed by atoms with E-state index in [1.165, 1.54) is 42.5 Å². The first-order chi connectivity index (χ1) is 13.7. The Morgan fingerprint density at radius 2 is 1.59 bits per heavy atom. The Hall–Kier alpha value is -2.54. The molecule has 5 nitrogen and oxygen atoms in total. The fourth-order valence-electron chi connectivity index (χ4n) is 2.65. The van der Waals surface area contributed by atoms with Gasteiger partial charge in [-0.2, -0.15) is 0 Å². The minimum absolute atomic E-state index is 0.0539. The second-order valence-electron chi connectivity index (χ2n) is 6.53. The Morgan fingerprint density at radius 1 is 0.897 bits per heavy atom. The monoisotopic (exact) mass is 448 g/mol. The Bertz CT molecular complexity index is 1180. The molecule has 29 heavy (non-hydrogen) atoms. The molecule has 0 saturated heterocycles. The van der Waals surface area contributed by atoms with E-state index in [1.807, 2.05) is 32.0 Å². The van der Waals surface area contributed by atoms with Crippen LogP contribution in [0.5, 0.6) is 0 Å². The van der Waals surface area contributed by atoms with Crippen LogP contribution in [-0.2, 0) is 10.0 Å². The predicted molar refractivity (Wildman–Crippen MR) is 118 cm³/mol. The van der Waals surface area contributed by atoms with Crippen LogP contribution in [0, 0.1) is 13.8 Å². The van der Waals surface area contributed by atoms with Crippen molar-refractivity contribution in [3.63, 3.8) is 0 Å². The van der Waals surface area contributed by atoms with Gasteiger partial charge in [0.25, 0.3) is 15.9 Å². The molecular formula is C21H18Cl2N2O3S. The summed E-state index contributed by atoms with van der Waals surface area (Å²) < 4.78 is 27.6. The number of halogens is 2. The van der Waals surface area contributed by atoms with Crippen molar-refractivity contribution in [3.05, 3.63) is 87.4 Å². The van der Waals surface area contributed by atoms with Gasteiger partial charge in [-0.3, -0.25) is 9.52 Å². The van der Waals surface area contributed by atoms with Gasteiger partial charge in [0, 0.05) is 16.4 Å². The molecule has 3 aromatic rings. The lowest BCUT2D eigenvalue weighted by molar-refractivity contribution is 0.102. The lowest BCUT2D eigenvalue weighted by Crippen LogP contribution is -2.16. The van der Waals surface area contributed by atoms with Crippen LogP contribution in [0.3, 0.4) is 0 Å². The Morgan fingerprint density at radius 3 is 2.28 bits per heavy atom. The fourth-order valence-corrected chi connectivity index (χ4v) is 4.03. The third kappa shape index (κ3) is 5.09. The van der Waals surface area contributed by atoms with Gasteiger partial charge in [-0.1, -0.05) is 35.3 Å². The number of nitrogens with one attached hydrogen (secondary N) is 2. The summed E-state index contributed by atoms with van der Waals surface area (Å²) in [5, 5.41) is 3.46. The third-order valence-corrected chi connectivity index (χ3v) is 6.21. The van der Waals surface area contributed by atoms with E-state index in [4.69, 9.17) is 23.2 Å². The number of hydrogen-bond donors (Lipinski definition) is 2. The standard InChI is InChI=1S/C21H18Cl2N2O3S/c1-13-3-4-14(2)20(11-13)24-21(26)18-12-16(7-10-19(18)23)25-29(27,28)17-8-5-15(22)6-9-17/h3-12,25H,1-2H3,(H,24,26). The number of hydrogen-bond acceptors (Lipinski definition) is 3. The highest BCUT2D eigenvalue weighted by Crippen LogP contribution is 2.25. The minimum atomic E-state index is -3.84. The van der Waals surface area contributed by atoms with Gasteiger partial charge in [0.1, 0.15) is 0 Å². The first-order valence-corrected chi connectivity index (χ1v) is 10.9. The molecule has 0 atom stereocenters. The summed E-state index contributed by atoms with van der Waals surface area (Å²) in [6.45, 7) is 3.81. The number of sulfonamides is 1. The summed E-state index contributed by atoms with van der Waals surface area (Å²) in [6.07, 6.45) is 0. The summed E-state index contributed by atoms with van der Waals surface area (Å²) >= 11 is 12.0. The van der Waals surface area contributed by atoms with E-state index in [-0.39, 0.29) is 21.2 Å². The highest BCUT2D eigenvalue weighted by Gasteiger charge is 2.17. The van der Waals surface area contributed by atoms with Gasteiger partial charge >= 0.3 is 0 Å². The SMILES string of the molecule is Cc1ccc(C)c(NC(=O)c2cc(NS(=O)(=O)c3ccc(Cl)cc3)ccc2Cl)c1. The number of anilines is 2. The van der Waals surface area contributed by atoms with Crippen LogP contribution >= 0.6 is 23.2 Å². The first-order valence-electron chi connectivity index (χ1n) is 8.62. The average Bonchev–Trinajstić information content (AvgIpc) is 2.66. The van der Waals surface area contributed by atoms with Crippen molar-refractivity contribution < 1.29 is 13.2 Å². The smallest absolute Gasteiger partial charge is 0.261 e. The van der Waals surface area contributed by atoms with E-state index in [2.05, 4.69) is 10.0 Å². The van der Waals surface area contributed by atoms with E-state index in [0.717, 1.165) is 11.1 Å². The Labute approximate surface area is 179 Å². The Kier molecular flexibility index (Phi) is 6.17. The van der Waals surface area contributed by atoms with E-state index in [0.29, 0.717) is 10.7 Å². The van der Waals surface area contributed by atoms with Gasteiger partial charge in [0.2, 0.25) is 0 Å². The maximum absolute atomic E-state index is 12.7. The maximum atomic E-state index is 12.7. The highest BCUT2D eigenvalue weighted by molar-refractivity contribution is 7.92. The number of rotatable bonds is 5. The van der Waals surface area contributed by atoms with Crippen LogP contribution in [0.2, 0.25) is 10.0 Å². The summed E-state index contributed by atoms with van der Waals surface area (Å²) in [6, 6.07) is 15.8.